The zero-order chi connectivity index (χ0) is 7.68. The van der Waals surface area contributed by atoms with E-state index in [0.717, 1.165) is 24.8 Å². The summed E-state index contributed by atoms with van der Waals surface area (Å²) in [5.41, 5.74) is 2.20. The predicted molar refractivity (Wildman–Crippen MR) is 41.7 cm³/mol. The monoisotopic (exact) mass is 148 g/mol. The number of aryl methyl sites for hydroxylation is 1. The Labute approximate surface area is 66.1 Å². The van der Waals surface area contributed by atoms with Crippen LogP contribution in [0.5, 0.6) is 0 Å². The molecule has 0 bridgehead atoms. The summed E-state index contributed by atoms with van der Waals surface area (Å²) in [6.45, 7) is 0. The minimum Gasteiger partial charge on any atom is -0.207 e. The largest absolute Gasteiger partial charge is 0.207 e. The van der Waals surface area contributed by atoms with Crippen LogP contribution in [0.4, 0.5) is 4.39 Å². The van der Waals surface area contributed by atoms with Crippen LogP contribution in [0.1, 0.15) is 24.0 Å². The molecule has 0 amide bonds. The van der Waals surface area contributed by atoms with E-state index >= 15 is 0 Å². The van der Waals surface area contributed by atoms with Gasteiger partial charge in [-0.1, -0.05) is 6.07 Å². The third kappa shape index (κ3) is 1.28. The van der Waals surface area contributed by atoms with Crippen molar-refractivity contribution in [3.8, 4) is 0 Å². The molecular weight excluding hydrogens is 139 g/mol. The summed E-state index contributed by atoms with van der Waals surface area (Å²) >= 11 is 0. The Morgan fingerprint density at radius 1 is 1.36 bits per heavy atom. The van der Waals surface area contributed by atoms with Crippen LogP contribution in [0, 0.1) is 12.2 Å². The SMILES string of the molecule is Fc1ccc2c(c1)[C]CCC2. The van der Waals surface area contributed by atoms with Gasteiger partial charge in [-0.2, -0.15) is 0 Å². The maximum Gasteiger partial charge on any atom is 0.123 e. The fourth-order valence-corrected chi connectivity index (χ4v) is 1.43. The van der Waals surface area contributed by atoms with Crippen LogP contribution in [-0.2, 0) is 6.42 Å². The normalized spacial score (nSPS) is 16.1. The van der Waals surface area contributed by atoms with Crippen molar-refractivity contribution in [1.82, 2.24) is 0 Å². The number of hydrogen-bond donors (Lipinski definition) is 0. The van der Waals surface area contributed by atoms with E-state index in [4.69, 9.17) is 0 Å². The number of benzene rings is 1. The van der Waals surface area contributed by atoms with Gasteiger partial charge in [0.2, 0.25) is 0 Å². The first kappa shape index (κ1) is 6.84. The molecule has 0 spiro atoms. The van der Waals surface area contributed by atoms with E-state index in [-0.39, 0.29) is 5.82 Å². The minimum atomic E-state index is -0.154. The standard InChI is InChI=1S/C10H9F/c11-10-6-5-8-3-1-2-4-9(8)7-10/h5-7H,1-3H2. The summed E-state index contributed by atoms with van der Waals surface area (Å²) in [7, 11) is 0. The average Bonchev–Trinajstić information content (AvgIpc) is 2.04. The first-order valence-electron chi connectivity index (χ1n) is 3.88. The lowest BCUT2D eigenvalue weighted by Gasteiger charge is -2.13. The van der Waals surface area contributed by atoms with Crippen molar-refractivity contribution in [3.05, 3.63) is 41.6 Å². The second-order valence-electron chi connectivity index (χ2n) is 2.83. The smallest absolute Gasteiger partial charge is 0.123 e. The molecule has 2 rings (SSSR count). The zero-order valence-corrected chi connectivity index (χ0v) is 6.23. The van der Waals surface area contributed by atoms with Crippen LogP contribution in [0.3, 0.4) is 0 Å². The molecule has 0 atom stereocenters. The molecule has 0 saturated heterocycles. The fraction of sp³-hybridized carbons (Fsp3) is 0.300. The second-order valence-corrected chi connectivity index (χ2v) is 2.83. The summed E-state index contributed by atoms with van der Waals surface area (Å²) < 4.78 is 12.7. The van der Waals surface area contributed by atoms with Crippen molar-refractivity contribution in [2.24, 2.45) is 0 Å². The van der Waals surface area contributed by atoms with Crippen LogP contribution in [0.2, 0.25) is 0 Å². The number of rotatable bonds is 0. The highest BCUT2D eigenvalue weighted by atomic mass is 19.1. The van der Waals surface area contributed by atoms with E-state index < -0.39 is 0 Å². The van der Waals surface area contributed by atoms with Crippen LogP contribution >= 0.6 is 0 Å². The van der Waals surface area contributed by atoms with E-state index in [9.17, 15) is 4.39 Å². The predicted octanol–water partition coefficient (Wildman–Crippen LogP) is 2.59. The Bertz CT molecular complexity index is 266. The van der Waals surface area contributed by atoms with Gasteiger partial charge in [0.25, 0.3) is 0 Å². The fourth-order valence-electron chi connectivity index (χ4n) is 1.43. The van der Waals surface area contributed by atoms with Gasteiger partial charge >= 0.3 is 0 Å². The Balaban J connectivity index is 2.43. The minimum absolute atomic E-state index is 0.154. The van der Waals surface area contributed by atoms with E-state index in [0.29, 0.717) is 0 Å². The first-order chi connectivity index (χ1) is 5.36. The summed E-state index contributed by atoms with van der Waals surface area (Å²) in [6.07, 6.45) is 6.36. The Morgan fingerprint density at radius 2 is 2.27 bits per heavy atom. The average molecular weight is 148 g/mol. The molecule has 0 unspecified atom stereocenters. The van der Waals surface area contributed by atoms with Crippen molar-refractivity contribution >= 4 is 0 Å². The van der Waals surface area contributed by atoms with Crippen LogP contribution < -0.4 is 0 Å². The third-order valence-electron chi connectivity index (χ3n) is 2.01. The van der Waals surface area contributed by atoms with Crippen molar-refractivity contribution in [3.63, 3.8) is 0 Å². The van der Waals surface area contributed by atoms with E-state index in [1.807, 2.05) is 6.07 Å². The van der Waals surface area contributed by atoms with Crippen molar-refractivity contribution in [1.29, 1.82) is 0 Å². The summed E-state index contributed by atoms with van der Waals surface area (Å²) in [5, 5.41) is 0. The molecule has 0 heterocycles. The van der Waals surface area contributed by atoms with E-state index in [1.54, 1.807) is 6.07 Å². The lowest BCUT2D eigenvalue weighted by molar-refractivity contribution is 0.623. The maximum absolute atomic E-state index is 12.7. The molecule has 0 nitrogen and oxygen atoms in total. The van der Waals surface area contributed by atoms with E-state index in [1.165, 1.54) is 11.6 Å². The molecule has 0 saturated carbocycles. The molecule has 0 fully saturated rings. The van der Waals surface area contributed by atoms with Gasteiger partial charge in [0.05, 0.1) is 0 Å². The topological polar surface area (TPSA) is 0 Å². The number of fused-ring (bicyclic) bond motifs is 1. The lowest BCUT2D eigenvalue weighted by atomic mass is 9.92. The number of hydrogen-bond acceptors (Lipinski definition) is 0. The second kappa shape index (κ2) is 2.65. The Morgan fingerprint density at radius 3 is 3.18 bits per heavy atom. The molecule has 2 radical (unpaired) electrons. The van der Waals surface area contributed by atoms with Crippen molar-refractivity contribution < 1.29 is 4.39 Å². The maximum atomic E-state index is 12.7. The molecule has 0 aromatic heterocycles. The molecule has 1 heteroatoms. The Hall–Kier alpha value is -0.850. The van der Waals surface area contributed by atoms with Crippen LogP contribution in [-0.4, -0.2) is 0 Å². The van der Waals surface area contributed by atoms with Crippen LogP contribution in [0.15, 0.2) is 18.2 Å². The molecule has 1 aromatic carbocycles. The van der Waals surface area contributed by atoms with Gasteiger partial charge in [0, 0.05) is 6.42 Å². The van der Waals surface area contributed by atoms with Gasteiger partial charge in [-0.25, -0.2) is 4.39 Å². The number of halogens is 1. The highest BCUT2D eigenvalue weighted by molar-refractivity contribution is 5.35. The van der Waals surface area contributed by atoms with Crippen molar-refractivity contribution in [2.75, 3.05) is 0 Å². The first-order valence-corrected chi connectivity index (χ1v) is 3.88. The third-order valence-corrected chi connectivity index (χ3v) is 2.01. The van der Waals surface area contributed by atoms with Gasteiger partial charge in [0.1, 0.15) is 5.82 Å². The molecule has 1 aliphatic carbocycles. The highest BCUT2D eigenvalue weighted by Crippen LogP contribution is 2.22. The quantitative estimate of drug-likeness (QED) is 0.530. The van der Waals surface area contributed by atoms with Crippen LogP contribution in [0.25, 0.3) is 0 Å². The van der Waals surface area contributed by atoms with E-state index in [2.05, 4.69) is 6.42 Å². The molecular formula is C10H9F. The summed E-state index contributed by atoms with van der Waals surface area (Å²) in [5.74, 6) is -0.154. The molecule has 56 valence electrons. The zero-order valence-electron chi connectivity index (χ0n) is 6.23. The molecule has 0 aliphatic heterocycles. The molecule has 11 heavy (non-hydrogen) atoms. The van der Waals surface area contributed by atoms with Gasteiger partial charge in [-0.15, -0.1) is 0 Å². The van der Waals surface area contributed by atoms with Gasteiger partial charge in [-0.05, 0) is 42.5 Å². The lowest BCUT2D eigenvalue weighted by Crippen LogP contribution is -2.00. The molecule has 1 aromatic rings. The Kier molecular flexibility index (Phi) is 1.65. The van der Waals surface area contributed by atoms with Gasteiger partial charge in [0.15, 0.2) is 0 Å². The van der Waals surface area contributed by atoms with Gasteiger partial charge < -0.3 is 0 Å². The summed E-state index contributed by atoms with van der Waals surface area (Å²) in [6, 6.07) is 4.94. The highest BCUT2D eigenvalue weighted by Gasteiger charge is 2.09. The van der Waals surface area contributed by atoms with Crippen molar-refractivity contribution in [2.45, 2.75) is 19.3 Å². The van der Waals surface area contributed by atoms with Gasteiger partial charge in [-0.3, -0.25) is 0 Å². The molecule has 1 aliphatic rings. The summed E-state index contributed by atoms with van der Waals surface area (Å²) in [4.78, 5) is 0. The molecule has 0 N–H and O–H groups in total.